The van der Waals surface area contributed by atoms with Gasteiger partial charge in [-0.15, -0.1) is 0 Å². The van der Waals surface area contributed by atoms with Gasteiger partial charge < -0.3 is 10.1 Å². The fourth-order valence-corrected chi connectivity index (χ4v) is 2.12. The molecular weight excluding hydrogens is 236 g/mol. The molecule has 1 unspecified atom stereocenters. The minimum Gasteiger partial charge on any atom is -0.384 e. The molecule has 0 aromatic heterocycles. The Balaban J connectivity index is 2.38. The molecule has 0 saturated carbocycles. The minimum atomic E-state index is 0.606. The van der Waals surface area contributed by atoms with Gasteiger partial charge >= 0.3 is 0 Å². The smallest absolute Gasteiger partial charge is 0.0589 e. The quantitative estimate of drug-likeness (QED) is 0.741. The van der Waals surface area contributed by atoms with Crippen LogP contribution in [0.25, 0.3) is 0 Å². The van der Waals surface area contributed by atoms with Gasteiger partial charge in [0.1, 0.15) is 0 Å². The van der Waals surface area contributed by atoms with Crippen molar-refractivity contribution in [3.63, 3.8) is 0 Å². The molecular formula is C16H28N2O. The van der Waals surface area contributed by atoms with Crippen LogP contribution in [0.3, 0.4) is 0 Å². The van der Waals surface area contributed by atoms with Crippen molar-refractivity contribution < 1.29 is 4.74 Å². The summed E-state index contributed by atoms with van der Waals surface area (Å²) in [6.07, 6.45) is 1.17. The molecule has 0 aliphatic rings. The molecule has 1 N–H and O–H groups in total. The summed E-state index contributed by atoms with van der Waals surface area (Å²) in [4.78, 5) is 2.48. The molecule has 0 fully saturated rings. The zero-order valence-corrected chi connectivity index (χ0v) is 12.8. The number of anilines is 1. The first kappa shape index (κ1) is 16.0. The van der Waals surface area contributed by atoms with Crippen LogP contribution >= 0.6 is 0 Å². The molecule has 1 aromatic carbocycles. The number of nitrogens with one attached hydrogen (secondary N) is 1. The molecule has 1 aromatic rings. The highest BCUT2D eigenvalue weighted by Crippen LogP contribution is 2.09. The molecule has 0 bridgehead atoms. The van der Waals surface area contributed by atoms with Crippen molar-refractivity contribution >= 4 is 5.69 Å². The second-order valence-corrected chi connectivity index (χ2v) is 5.08. The second kappa shape index (κ2) is 8.94. The van der Waals surface area contributed by atoms with Crippen molar-refractivity contribution in [2.75, 3.05) is 38.7 Å². The molecule has 3 heteroatoms. The van der Waals surface area contributed by atoms with Crippen LogP contribution in [0.4, 0.5) is 5.69 Å². The van der Waals surface area contributed by atoms with Gasteiger partial charge in [0.15, 0.2) is 0 Å². The van der Waals surface area contributed by atoms with Gasteiger partial charge in [-0.2, -0.15) is 0 Å². The maximum atomic E-state index is 5.19. The third-order valence-corrected chi connectivity index (χ3v) is 3.54. The first-order valence-corrected chi connectivity index (χ1v) is 7.21. The van der Waals surface area contributed by atoms with Crippen LogP contribution in [-0.4, -0.2) is 44.3 Å². The van der Waals surface area contributed by atoms with Crippen LogP contribution in [0.15, 0.2) is 24.3 Å². The number of hydrogen-bond donors (Lipinski definition) is 1. The summed E-state index contributed by atoms with van der Waals surface area (Å²) in [5.74, 6) is 0. The lowest BCUT2D eigenvalue weighted by Gasteiger charge is -2.28. The summed E-state index contributed by atoms with van der Waals surface area (Å²) in [5.41, 5.74) is 2.50. The van der Waals surface area contributed by atoms with Crippen LogP contribution in [0.2, 0.25) is 0 Å². The van der Waals surface area contributed by atoms with Crippen molar-refractivity contribution in [3.05, 3.63) is 29.8 Å². The van der Waals surface area contributed by atoms with E-state index in [0.29, 0.717) is 6.04 Å². The minimum absolute atomic E-state index is 0.606. The third kappa shape index (κ3) is 6.08. The number of aryl methyl sites for hydroxylation is 1. The molecule has 0 amide bonds. The van der Waals surface area contributed by atoms with Gasteiger partial charge in [-0.1, -0.05) is 19.1 Å². The summed E-state index contributed by atoms with van der Waals surface area (Å²) >= 11 is 0. The number of benzene rings is 1. The lowest BCUT2D eigenvalue weighted by atomic mass is 10.2. The molecule has 19 heavy (non-hydrogen) atoms. The Morgan fingerprint density at radius 2 is 2.11 bits per heavy atom. The van der Waals surface area contributed by atoms with Gasteiger partial charge in [0.05, 0.1) is 6.61 Å². The molecule has 1 rings (SSSR count). The molecule has 1 atom stereocenters. The van der Waals surface area contributed by atoms with E-state index in [-0.39, 0.29) is 0 Å². The van der Waals surface area contributed by atoms with E-state index in [9.17, 15) is 0 Å². The average Bonchev–Trinajstić information content (AvgIpc) is 2.42. The van der Waals surface area contributed by atoms with E-state index in [1.165, 1.54) is 17.7 Å². The van der Waals surface area contributed by atoms with Crippen LogP contribution in [-0.2, 0) is 4.74 Å². The molecule has 0 aliphatic heterocycles. The fourth-order valence-electron chi connectivity index (χ4n) is 2.12. The zero-order chi connectivity index (χ0) is 14.1. The molecule has 0 spiro atoms. The highest BCUT2D eigenvalue weighted by molar-refractivity contribution is 5.45. The Labute approximate surface area is 118 Å². The van der Waals surface area contributed by atoms with Crippen molar-refractivity contribution in [1.82, 2.24) is 4.90 Å². The number of rotatable bonds is 9. The van der Waals surface area contributed by atoms with Gasteiger partial charge in [0, 0.05) is 38.5 Å². The predicted octanol–water partition coefficient (Wildman–Crippen LogP) is 3.15. The maximum Gasteiger partial charge on any atom is 0.0589 e. The Morgan fingerprint density at radius 3 is 2.74 bits per heavy atom. The van der Waals surface area contributed by atoms with Crippen molar-refractivity contribution in [1.29, 1.82) is 0 Å². The van der Waals surface area contributed by atoms with Crippen LogP contribution in [0.5, 0.6) is 0 Å². The Kier molecular flexibility index (Phi) is 7.53. The van der Waals surface area contributed by atoms with Crippen LogP contribution in [0.1, 0.15) is 25.8 Å². The number of hydrogen-bond acceptors (Lipinski definition) is 3. The van der Waals surface area contributed by atoms with Gasteiger partial charge in [0.2, 0.25) is 0 Å². The summed E-state index contributed by atoms with van der Waals surface area (Å²) in [5, 5.41) is 3.49. The monoisotopic (exact) mass is 264 g/mol. The molecule has 0 heterocycles. The molecule has 0 aliphatic carbocycles. The summed E-state index contributed by atoms with van der Waals surface area (Å²) < 4.78 is 5.19. The van der Waals surface area contributed by atoms with Crippen LogP contribution in [0, 0.1) is 6.92 Å². The summed E-state index contributed by atoms with van der Waals surface area (Å²) in [7, 11) is 1.76. The van der Waals surface area contributed by atoms with E-state index in [2.05, 4.69) is 55.3 Å². The van der Waals surface area contributed by atoms with E-state index in [1.54, 1.807) is 7.11 Å². The Hall–Kier alpha value is -1.06. The van der Waals surface area contributed by atoms with E-state index >= 15 is 0 Å². The van der Waals surface area contributed by atoms with Crippen LogP contribution < -0.4 is 5.32 Å². The lowest BCUT2D eigenvalue weighted by Crippen LogP contribution is -2.38. The van der Waals surface area contributed by atoms with Gasteiger partial charge in [-0.3, -0.25) is 4.90 Å². The first-order valence-electron chi connectivity index (χ1n) is 7.21. The molecule has 3 nitrogen and oxygen atoms in total. The first-order chi connectivity index (χ1) is 9.17. The topological polar surface area (TPSA) is 24.5 Å². The molecule has 0 saturated heterocycles. The number of ether oxygens (including phenoxy) is 1. The maximum absolute atomic E-state index is 5.19. The van der Waals surface area contributed by atoms with Crippen molar-refractivity contribution in [2.24, 2.45) is 0 Å². The zero-order valence-electron chi connectivity index (χ0n) is 12.8. The number of nitrogens with zero attached hydrogens (tertiary/aromatic N) is 1. The normalized spacial score (nSPS) is 12.7. The number of methoxy groups -OCH3 is 1. The molecule has 0 radical (unpaired) electrons. The fraction of sp³-hybridized carbons (Fsp3) is 0.625. The van der Waals surface area contributed by atoms with E-state index < -0.39 is 0 Å². The van der Waals surface area contributed by atoms with Crippen molar-refractivity contribution in [3.8, 4) is 0 Å². The van der Waals surface area contributed by atoms with Crippen molar-refractivity contribution in [2.45, 2.75) is 33.2 Å². The SMILES string of the molecule is CCC(C)N(CCNc1cccc(C)c1)CCOC. The summed E-state index contributed by atoms with van der Waals surface area (Å²) in [6.45, 7) is 10.5. The highest BCUT2D eigenvalue weighted by Gasteiger charge is 2.10. The Morgan fingerprint density at radius 1 is 1.32 bits per heavy atom. The largest absolute Gasteiger partial charge is 0.384 e. The van der Waals surface area contributed by atoms with Gasteiger partial charge in [-0.05, 0) is 38.0 Å². The van der Waals surface area contributed by atoms with Gasteiger partial charge in [-0.25, -0.2) is 0 Å². The van der Waals surface area contributed by atoms with Gasteiger partial charge in [0.25, 0.3) is 0 Å². The second-order valence-electron chi connectivity index (χ2n) is 5.08. The lowest BCUT2D eigenvalue weighted by molar-refractivity contribution is 0.126. The molecule has 108 valence electrons. The third-order valence-electron chi connectivity index (χ3n) is 3.54. The average molecular weight is 264 g/mol. The predicted molar refractivity (Wildman–Crippen MR) is 82.9 cm³/mol. The van der Waals surface area contributed by atoms with E-state index in [4.69, 9.17) is 4.74 Å². The Bertz CT molecular complexity index is 354. The van der Waals surface area contributed by atoms with E-state index in [1.807, 2.05) is 0 Å². The standard InChI is InChI=1S/C16H28N2O/c1-5-15(3)18(11-12-19-4)10-9-17-16-8-6-7-14(2)13-16/h6-8,13,15,17H,5,9-12H2,1-4H3. The summed E-state index contributed by atoms with van der Waals surface area (Å²) in [6, 6.07) is 9.12. The highest BCUT2D eigenvalue weighted by atomic mass is 16.5. The van der Waals surface area contributed by atoms with E-state index in [0.717, 1.165) is 26.2 Å².